The number of hydrogen-bond donors (Lipinski definition) is 2. The van der Waals surface area contributed by atoms with Gasteiger partial charge in [-0.1, -0.05) is 6.07 Å². The maximum Gasteiger partial charge on any atom is 0.359 e. The maximum atomic E-state index is 11.5. The molecule has 17 heavy (non-hydrogen) atoms. The lowest BCUT2D eigenvalue weighted by atomic mass is 10.1. The Morgan fingerprint density at radius 2 is 2.29 bits per heavy atom. The second-order valence-corrected chi connectivity index (χ2v) is 3.38. The van der Waals surface area contributed by atoms with Crippen LogP contribution < -0.4 is 5.73 Å². The zero-order valence-electron chi connectivity index (χ0n) is 9.40. The highest BCUT2D eigenvalue weighted by molar-refractivity contribution is 6.01. The molecule has 6 heteroatoms. The molecule has 0 bridgehead atoms. The minimum absolute atomic E-state index is 0. The van der Waals surface area contributed by atoms with E-state index in [1.165, 1.54) is 0 Å². The molecule has 0 aliphatic heterocycles. The monoisotopic (exact) mass is 255 g/mol. The average Bonchev–Trinajstić information content (AvgIpc) is 2.71. The number of nitrogens with one attached hydrogen (secondary N) is 1. The average molecular weight is 256 g/mol. The fourth-order valence-electron chi connectivity index (χ4n) is 1.55. The third kappa shape index (κ3) is 2.57. The van der Waals surface area contributed by atoms with Crippen LogP contribution in [0.2, 0.25) is 0 Å². The molecule has 5 nitrogen and oxygen atoms in total. The number of nitrogens with two attached hydrogens (primary N) is 1. The van der Waals surface area contributed by atoms with Crippen LogP contribution in [-0.2, 0) is 11.3 Å². The van der Waals surface area contributed by atoms with E-state index in [4.69, 9.17) is 10.5 Å². The minimum atomic E-state index is -0.408. The van der Waals surface area contributed by atoms with E-state index < -0.39 is 5.97 Å². The highest BCUT2D eigenvalue weighted by Gasteiger charge is 2.14. The van der Waals surface area contributed by atoms with Crippen LogP contribution in [0.1, 0.15) is 23.0 Å². The lowest BCUT2D eigenvalue weighted by molar-refractivity contribution is 0.0521. The van der Waals surface area contributed by atoms with Gasteiger partial charge >= 0.3 is 5.97 Å². The Balaban J connectivity index is 0.00000144. The Hall–Kier alpha value is -1.59. The number of benzene rings is 1. The van der Waals surface area contributed by atoms with Gasteiger partial charge in [0.15, 0.2) is 5.69 Å². The second kappa shape index (κ2) is 5.65. The van der Waals surface area contributed by atoms with E-state index in [0.717, 1.165) is 16.5 Å². The van der Waals surface area contributed by atoms with Crippen LogP contribution in [0, 0.1) is 0 Å². The summed E-state index contributed by atoms with van der Waals surface area (Å²) >= 11 is 0. The van der Waals surface area contributed by atoms with Gasteiger partial charge in [0.1, 0.15) is 0 Å². The van der Waals surface area contributed by atoms with E-state index in [1.54, 1.807) is 6.92 Å². The predicted octanol–water partition coefficient (Wildman–Crippen LogP) is 1.62. The molecule has 2 rings (SSSR count). The summed E-state index contributed by atoms with van der Waals surface area (Å²) in [4.78, 5) is 11.5. The van der Waals surface area contributed by atoms with Crippen molar-refractivity contribution in [3.8, 4) is 0 Å². The van der Waals surface area contributed by atoms with Crippen molar-refractivity contribution in [3.63, 3.8) is 0 Å². The first-order valence-corrected chi connectivity index (χ1v) is 5.10. The van der Waals surface area contributed by atoms with Crippen molar-refractivity contribution < 1.29 is 9.53 Å². The van der Waals surface area contributed by atoms with Crippen molar-refractivity contribution in [2.24, 2.45) is 5.73 Å². The van der Waals surface area contributed by atoms with Gasteiger partial charge in [-0.25, -0.2) is 4.79 Å². The van der Waals surface area contributed by atoms with Crippen molar-refractivity contribution >= 4 is 29.3 Å². The fraction of sp³-hybridized carbons (Fsp3) is 0.273. The molecule has 0 radical (unpaired) electrons. The van der Waals surface area contributed by atoms with Crippen molar-refractivity contribution in [2.75, 3.05) is 6.61 Å². The summed E-state index contributed by atoms with van der Waals surface area (Å²) in [6, 6.07) is 5.58. The summed E-state index contributed by atoms with van der Waals surface area (Å²) in [5.74, 6) is -0.408. The molecule has 92 valence electrons. The summed E-state index contributed by atoms with van der Waals surface area (Å²) < 4.78 is 4.90. The Kier molecular flexibility index (Phi) is 4.48. The summed E-state index contributed by atoms with van der Waals surface area (Å²) in [5, 5.41) is 7.50. The van der Waals surface area contributed by atoms with E-state index in [0.29, 0.717) is 18.8 Å². The number of carbonyl (C=O) groups is 1. The number of hydrogen-bond acceptors (Lipinski definition) is 4. The Morgan fingerprint density at radius 3 is 2.94 bits per heavy atom. The van der Waals surface area contributed by atoms with Gasteiger partial charge in [-0.3, -0.25) is 5.10 Å². The SMILES string of the molecule is CCOC(=O)c1n[nH]c2cc(CN)ccc12.Cl. The van der Waals surface area contributed by atoms with Gasteiger partial charge in [-0.15, -0.1) is 12.4 Å². The number of fused-ring (bicyclic) bond motifs is 1. The molecule has 1 aromatic carbocycles. The summed E-state index contributed by atoms with van der Waals surface area (Å²) in [7, 11) is 0. The standard InChI is InChI=1S/C11H13N3O2.ClH/c1-2-16-11(15)10-8-4-3-7(6-12)5-9(8)13-14-10;/h3-5H,2,6,12H2,1H3,(H,13,14);1H. The zero-order chi connectivity index (χ0) is 11.5. The van der Waals surface area contributed by atoms with Crippen molar-refractivity contribution in [1.29, 1.82) is 0 Å². The molecule has 0 unspecified atom stereocenters. The van der Waals surface area contributed by atoms with E-state index in [-0.39, 0.29) is 12.4 Å². The number of rotatable bonds is 3. The van der Waals surface area contributed by atoms with E-state index in [2.05, 4.69) is 10.2 Å². The molecule has 0 aliphatic rings. The van der Waals surface area contributed by atoms with Crippen molar-refractivity contribution in [3.05, 3.63) is 29.5 Å². The topological polar surface area (TPSA) is 81.0 Å². The van der Waals surface area contributed by atoms with Crippen molar-refractivity contribution in [1.82, 2.24) is 10.2 Å². The van der Waals surface area contributed by atoms with Gasteiger partial charge in [0.05, 0.1) is 12.1 Å². The lowest BCUT2D eigenvalue weighted by Crippen LogP contribution is -2.05. The molecule has 3 N–H and O–H groups in total. The molecular weight excluding hydrogens is 242 g/mol. The molecule has 0 saturated heterocycles. The molecule has 0 saturated carbocycles. The third-order valence-electron chi connectivity index (χ3n) is 2.33. The molecule has 0 aliphatic carbocycles. The smallest absolute Gasteiger partial charge is 0.359 e. The van der Waals surface area contributed by atoms with E-state index >= 15 is 0 Å². The number of ether oxygens (including phenoxy) is 1. The largest absolute Gasteiger partial charge is 0.461 e. The summed E-state index contributed by atoms with van der Waals surface area (Å²) in [6.07, 6.45) is 0. The molecule has 2 aromatic rings. The van der Waals surface area contributed by atoms with Crippen LogP contribution in [-0.4, -0.2) is 22.8 Å². The van der Waals surface area contributed by atoms with E-state index in [1.807, 2.05) is 18.2 Å². The maximum absolute atomic E-state index is 11.5. The fourth-order valence-corrected chi connectivity index (χ4v) is 1.55. The normalized spacial score (nSPS) is 10.0. The third-order valence-corrected chi connectivity index (χ3v) is 2.33. The minimum Gasteiger partial charge on any atom is -0.461 e. The van der Waals surface area contributed by atoms with Gasteiger partial charge in [-0.2, -0.15) is 5.10 Å². The quantitative estimate of drug-likeness (QED) is 0.817. The molecular formula is C11H14ClN3O2. The highest BCUT2D eigenvalue weighted by atomic mass is 35.5. The Morgan fingerprint density at radius 1 is 1.53 bits per heavy atom. The zero-order valence-corrected chi connectivity index (χ0v) is 10.2. The number of carbonyl (C=O) groups excluding carboxylic acids is 1. The molecule has 0 fully saturated rings. The van der Waals surface area contributed by atoms with Crippen molar-refractivity contribution in [2.45, 2.75) is 13.5 Å². The van der Waals surface area contributed by atoms with Gasteiger partial charge in [0.25, 0.3) is 0 Å². The molecule has 0 amide bonds. The molecule has 0 spiro atoms. The summed E-state index contributed by atoms with van der Waals surface area (Å²) in [5.41, 5.74) is 7.64. The molecule has 1 aromatic heterocycles. The number of aromatic nitrogens is 2. The number of halogens is 1. The lowest BCUT2D eigenvalue weighted by Gasteiger charge is -1.99. The van der Waals surface area contributed by atoms with Crippen LogP contribution in [0.3, 0.4) is 0 Å². The number of aromatic amines is 1. The molecule has 1 heterocycles. The Labute approximate surface area is 105 Å². The van der Waals surface area contributed by atoms with Gasteiger partial charge in [0, 0.05) is 11.9 Å². The van der Waals surface area contributed by atoms with Crippen LogP contribution in [0.4, 0.5) is 0 Å². The summed E-state index contributed by atoms with van der Waals surface area (Å²) in [6.45, 7) is 2.57. The van der Waals surface area contributed by atoms with Gasteiger partial charge in [-0.05, 0) is 24.6 Å². The number of H-pyrrole nitrogens is 1. The molecule has 0 atom stereocenters. The number of nitrogens with zero attached hydrogens (tertiary/aromatic N) is 1. The van der Waals surface area contributed by atoms with Crippen LogP contribution in [0.15, 0.2) is 18.2 Å². The number of esters is 1. The van der Waals surface area contributed by atoms with Crippen LogP contribution >= 0.6 is 12.4 Å². The predicted molar refractivity (Wildman–Crippen MR) is 67.2 cm³/mol. The second-order valence-electron chi connectivity index (χ2n) is 3.38. The van der Waals surface area contributed by atoms with Crippen LogP contribution in [0.5, 0.6) is 0 Å². The van der Waals surface area contributed by atoms with Gasteiger partial charge < -0.3 is 10.5 Å². The highest BCUT2D eigenvalue weighted by Crippen LogP contribution is 2.18. The van der Waals surface area contributed by atoms with E-state index in [9.17, 15) is 4.79 Å². The van der Waals surface area contributed by atoms with Gasteiger partial charge in [0.2, 0.25) is 0 Å². The first-order chi connectivity index (χ1) is 7.76. The van der Waals surface area contributed by atoms with Crippen LogP contribution in [0.25, 0.3) is 10.9 Å². The Bertz CT molecular complexity index is 524. The first-order valence-electron chi connectivity index (χ1n) is 5.10. The first kappa shape index (κ1) is 13.5.